The molecule has 0 aliphatic heterocycles. The number of rotatable bonds is 6. The number of hydrogen-bond donors (Lipinski definition) is 1. The van der Waals surface area contributed by atoms with E-state index in [9.17, 15) is 0 Å². The Balaban J connectivity index is 2.55. The minimum absolute atomic E-state index is 0.109. The molecule has 0 amide bonds. The molecule has 0 aliphatic rings. The molecule has 0 aromatic heterocycles. The zero-order chi connectivity index (χ0) is 12.7. The monoisotopic (exact) mass is 252 g/mol. The van der Waals surface area contributed by atoms with Crippen LogP contribution in [0.5, 0.6) is 5.75 Å². The molecule has 1 atom stereocenters. The van der Waals surface area contributed by atoms with Gasteiger partial charge in [0, 0.05) is 23.0 Å². The second-order valence-corrected chi connectivity index (χ2v) is 4.37. The van der Waals surface area contributed by atoms with Crippen LogP contribution < -0.4 is 10.5 Å². The summed E-state index contributed by atoms with van der Waals surface area (Å²) in [4.78, 5) is 0. The first-order valence-electron chi connectivity index (χ1n) is 5.70. The summed E-state index contributed by atoms with van der Waals surface area (Å²) in [6.07, 6.45) is 2.30. The third-order valence-corrected chi connectivity index (χ3v) is 2.64. The molecule has 1 aromatic carbocycles. The van der Waals surface area contributed by atoms with E-state index in [0.29, 0.717) is 18.1 Å². The molecule has 1 rings (SSSR count). The average molecular weight is 253 g/mol. The van der Waals surface area contributed by atoms with Gasteiger partial charge in [-0.15, -0.1) is 0 Å². The largest absolute Gasteiger partial charge is 0.493 e. The minimum atomic E-state index is -0.109. The van der Waals surface area contributed by atoms with Crippen molar-refractivity contribution in [1.29, 1.82) is 5.26 Å². The summed E-state index contributed by atoms with van der Waals surface area (Å²) in [5.41, 5.74) is 6.77. The van der Waals surface area contributed by atoms with Gasteiger partial charge in [0.25, 0.3) is 0 Å². The lowest BCUT2D eigenvalue weighted by molar-refractivity contribution is 0.303. The summed E-state index contributed by atoms with van der Waals surface area (Å²) in [6, 6.07) is 7.46. The third-order valence-electron chi connectivity index (χ3n) is 2.40. The lowest BCUT2D eigenvalue weighted by atomic mass is 10.1. The topological polar surface area (TPSA) is 59.0 Å². The third kappa shape index (κ3) is 4.64. The van der Waals surface area contributed by atoms with E-state index in [1.165, 1.54) is 0 Å². The van der Waals surface area contributed by atoms with Gasteiger partial charge in [-0.1, -0.05) is 11.6 Å². The highest BCUT2D eigenvalue weighted by Crippen LogP contribution is 2.27. The lowest BCUT2D eigenvalue weighted by Gasteiger charge is -2.14. The predicted octanol–water partition coefficient (Wildman–Crippen LogP) is 3.43. The molecule has 2 N–H and O–H groups in total. The Bertz CT molecular complexity index is 399. The van der Waals surface area contributed by atoms with Gasteiger partial charge in [0.05, 0.1) is 12.7 Å². The van der Waals surface area contributed by atoms with Gasteiger partial charge in [0.1, 0.15) is 5.75 Å². The van der Waals surface area contributed by atoms with E-state index in [-0.39, 0.29) is 6.04 Å². The SMILES string of the molecule is C[C@H](N)c1cc(Cl)ccc1OCCCCC#N. The molecule has 4 heteroatoms. The minimum Gasteiger partial charge on any atom is -0.493 e. The maximum Gasteiger partial charge on any atom is 0.124 e. The van der Waals surface area contributed by atoms with E-state index in [2.05, 4.69) is 6.07 Å². The molecule has 0 saturated carbocycles. The van der Waals surface area contributed by atoms with Crippen molar-refractivity contribution >= 4 is 11.6 Å². The van der Waals surface area contributed by atoms with Crippen molar-refractivity contribution in [2.75, 3.05) is 6.61 Å². The number of unbranched alkanes of at least 4 members (excludes halogenated alkanes) is 2. The van der Waals surface area contributed by atoms with Crippen LogP contribution in [0, 0.1) is 11.3 Å². The van der Waals surface area contributed by atoms with Crippen LogP contribution in [-0.2, 0) is 0 Å². The first-order chi connectivity index (χ1) is 8.15. The van der Waals surface area contributed by atoms with Crippen LogP contribution in [0.25, 0.3) is 0 Å². The van der Waals surface area contributed by atoms with Crippen molar-refractivity contribution < 1.29 is 4.74 Å². The molecular formula is C13H17ClN2O. The number of halogens is 1. The number of hydrogen-bond acceptors (Lipinski definition) is 3. The summed E-state index contributed by atoms with van der Waals surface area (Å²) in [5, 5.41) is 9.07. The Morgan fingerprint density at radius 2 is 2.24 bits per heavy atom. The van der Waals surface area contributed by atoms with Gasteiger partial charge < -0.3 is 10.5 Å². The molecule has 0 fully saturated rings. The highest BCUT2D eigenvalue weighted by molar-refractivity contribution is 6.30. The van der Waals surface area contributed by atoms with Crippen molar-refractivity contribution in [3.63, 3.8) is 0 Å². The highest BCUT2D eigenvalue weighted by atomic mass is 35.5. The standard InChI is InChI=1S/C13H17ClN2O/c1-10(16)12-9-11(14)5-6-13(12)17-8-4-2-3-7-15/h5-6,9-10H,2-4,8,16H2,1H3/t10-/m0/s1. The molecule has 0 saturated heterocycles. The van der Waals surface area contributed by atoms with Crippen molar-refractivity contribution in [3.8, 4) is 11.8 Å². The summed E-state index contributed by atoms with van der Waals surface area (Å²) in [7, 11) is 0. The number of benzene rings is 1. The van der Waals surface area contributed by atoms with E-state index in [4.69, 9.17) is 27.3 Å². The molecule has 17 heavy (non-hydrogen) atoms. The van der Waals surface area contributed by atoms with E-state index in [0.717, 1.165) is 24.2 Å². The first kappa shape index (κ1) is 13.8. The fourth-order valence-corrected chi connectivity index (χ4v) is 1.68. The van der Waals surface area contributed by atoms with E-state index in [1.807, 2.05) is 19.1 Å². The molecule has 0 radical (unpaired) electrons. The molecule has 0 spiro atoms. The Morgan fingerprint density at radius 1 is 1.47 bits per heavy atom. The molecule has 0 heterocycles. The molecule has 0 unspecified atom stereocenters. The van der Waals surface area contributed by atoms with Gasteiger partial charge in [0.2, 0.25) is 0 Å². The van der Waals surface area contributed by atoms with Gasteiger partial charge in [-0.25, -0.2) is 0 Å². The molecule has 0 bridgehead atoms. The molecule has 92 valence electrons. The highest BCUT2D eigenvalue weighted by Gasteiger charge is 2.08. The number of nitrogens with two attached hydrogens (primary N) is 1. The van der Waals surface area contributed by atoms with Gasteiger partial charge in [0.15, 0.2) is 0 Å². The van der Waals surface area contributed by atoms with Crippen LogP contribution in [0.4, 0.5) is 0 Å². The normalized spacial score (nSPS) is 11.9. The van der Waals surface area contributed by atoms with Crippen LogP contribution in [0.15, 0.2) is 18.2 Å². The predicted molar refractivity (Wildman–Crippen MR) is 69.0 cm³/mol. The Morgan fingerprint density at radius 3 is 2.88 bits per heavy atom. The summed E-state index contributed by atoms with van der Waals surface area (Å²) in [5.74, 6) is 0.779. The molecule has 1 aromatic rings. The number of ether oxygens (including phenoxy) is 1. The summed E-state index contributed by atoms with van der Waals surface area (Å²) in [6.45, 7) is 2.50. The van der Waals surface area contributed by atoms with Gasteiger partial charge in [-0.05, 0) is 38.0 Å². The van der Waals surface area contributed by atoms with Crippen LogP contribution in [-0.4, -0.2) is 6.61 Å². The zero-order valence-electron chi connectivity index (χ0n) is 9.95. The molecular weight excluding hydrogens is 236 g/mol. The van der Waals surface area contributed by atoms with E-state index >= 15 is 0 Å². The van der Waals surface area contributed by atoms with Gasteiger partial charge >= 0.3 is 0 Å². The Hall–Kier alpha value is -1.24. The zero-order valence-corrected chi connectivity index (χ0v) is 10.7. The van der Waals surface area contributed by atoms with Crippen LogP contribution >= 0.6 is 11.6 Å². The van der Waals surface area contributed by atoms with Crippen molar-refractivity contribution in [1.82, 2.24) is 0 Å². The van der Waals surface area contributed by atoms with Crippen molar-refractivity contribution in [2.24, 2.45) is 5.73 Å². The van der Waals surface area contributed by atoms with Crippen LogP contribution in [0.1, 0.15) is 37.8 Å². The summed E-state index contributed by atoms with van der Waals surface area (Å²) < 4.78 is 5.65. The maximum atomic E-state index is 8.41. The van der Waals surface area contributed by atoms with Gasteiger partial charge in [-0.2, -0.15) is 5.26 Å². The number of nitrogens with zero attached hydrogens (tertiary/aromatic N) is 1. The van der Waals surface area contributed by atoms with Crippen LogP contribution in [0.2, 0.25) is 5.02 Å². The lowest BCUT2D eigenvalue weighted by Crippen LogP contribution is -2.08. The number of nitriles is 1. The Kier molecular flexibility index (Phi) is 5.82. The van der Waals surface area contributed by atoms with Crippen LogP contribution in [0.3, 0.4) is 0 Å². The smallest absolute Gasteiger partial charge is 0.124 e. The molecule has 3 nitrogen and oxygen atoms in total. The quantitative estimate of drug-likeness (QED) is 0.789. The van der Waals surface area contributed by atoms with Gasteiger partial charge in [-0.3, -0.25) is 0 Å². The summed E-state index contributed by atoms with van der Waals surface area (Å²) >= 11 is 5.92. The second-order valence-electron chi connectivity index (χ2n) is 3.93. The fraction of sp³-hybridized carbons (Fsp3) is 0.462. The first-order valence-corrected chi connectivity index (χ1v) is 6.07. The van der Waals surface area contributed by atoms with Crippen molar-refractivity contribution in [3.05, 3.63) is 28.8 Å². The second kappa shape index (κ2) is 7.16. The van der Waals surface area contributed by atoms with E-state index in [1.54, 1.807) is 6.07 Å². The Labute approximate surface area is 107 Å². The maximum absolute atomic E-state index is 8.41. The fourth-order valence-electron chi connectivity index (χ4n) is 1.49. The van der Waals surface area contributed by atoms with E-state index < -0.39 is 0 Å². The average Bonchev–Trinajstić information content (AvgIpc) is 2.30. The molecule has 0 aliphatic carbocycles. The van der Waals surface area contributed by atoms with Crippen molar-refractivity contribution in [2.45, 2.75) is 32.2 Å².